The van der Waals surface area contributed by atoms with Crippen molar-refractivity contribution in [1.82, 2.24) is 14.8 Å². The Morgan fingerprint density at radius 1 is 1.47 bits per heavy atom. The van der Waals surface area contributed by atoms with E-state index in [2.05, 4.69) is 33.1 Å². The largest absolute Gasteiger partial charge is 0.359 e. The number of aromatic nitrogens is 1. The lowest BCUT2D eigenvalue weighted by Gasteiger charge is -2.34. The Morgan fingerprint density at radius 3 is 2.94 bits per heavy atom. The molecule has 0 bridgehead atoms. The molecule has 1 aromatic heterocycles. The summed E-state index contributed by atoms with van der Waals surface area (Å²) in [5, 5.41) is 2.74. The highest BCUT2D eigenvalue weighted by Crippen LogP contribution is 2.21. The fourth-order valence-corrected chi connectivity index (χ4v) is 2.47. The molecule has 0 aliphatic carbocycles. The third-order valence-corrected chi connectivity index (χ3v) is 3.43. The van der Waals surface area contributed by atoms with Crippen LogP contribution in [0, 0.1) is 5.41 Å². The van der Waals surface area contributed by atoms with Crippen LogP contribution in [0.2, 0.25) is 0 Å². The molecule has 94 valence electrons. The maximum Gasteiger partial charge on any atom is 0.226 e. The second-order valence-corrected chi connectivity index (χ2v) is 5.37. The Balaban J connectivity index is 2.00. The first-order valence-electron chi connectivity index (χ1n) is 6.11. The summed E-state index contributed by atoms with van der Waals surface area (Å²) in [6, 6.07) is 4.24. The van der Waals surface area contributed by atoms with Gasteiger partial charge in [0.1, 0.15) is 0 Å². The van der Waals surface area contributed by atoms with E-state index in [0.717, 1.165) is 26.2 Å². The van der Waals surface area contributed by atoms with Crippen LogP contribution in [0.1, 0.15) is 19.5 Å². The van der Waals surface area contributed by atoms with Gasteiger partial charge in [0.15, 0.2) is 0 Å². The Labute approximate surface area is 103 Å². The van der Waals surface area contributed by atoms with Gasteiger partial charge in [-0.25, -0.2) is 0 Å². The summed E-state index contributed by atoms with van der Waals surface area (Å²) < 4.78 is 2.28. The van der Waals surface area contributed by atoms with Gasteiger partial charge < -0.3 is 9.88 Å². The predicted molar refractivity (Wildman–Crippen MR) is 67.6 cm³/mol. The van der Waals surface area contributed by atoms with Gasteiger partial charge in [0, 0.05) is 45.1 Å². The van der Waals surface area contributed by atoms with Crippen molar-refractivity contribution in [2.45, 2.75) is 26.9 Å². The number of rotatable bonds is 3. The minimum Gasteiger partial charge on any atom is -0.359 e. The second kappa shape index (κ2) is 4.53. The van der Waals surface area contributed by atoms with Gasteiger partial charge in [0.05, 0.1) is 5.41 Å². The number of carbonyl (C=O) groups is 1. The van der Waals surface area contributed by atoms with Crippen molar-refractivity contribution in [3.8, 4) is 0 Å². The van der Waals surface area contributed by atoms with Crippen molar-refractivity contribution in [2.24, 2.45) is 5.41 Å². The first-order valence-corrected chi connectivity index (χ1v) is 6.11. The number of nitrogens with one attached hydrogen (secondary N) is 1. The minimum absolute atomic E-state index is 0.110. The number of nitrogens with zero attached hydrogens (tertiary/aromatic N) is 2. The summed E-state index contributed by atoms with van der Waals surface area (Å²) in [6.45, 7) is 7.78. The van der Waals surface area contributed by atoms with Crippen molar-refractivity contribution >= 4 is 5.91 Å². The molecule has 0 saturated heterocycles. The topological polar surface area (TPSA) is 37.3 Å². The highest BCUT2D eigenvalue weighted by molar-refractivity contribution is 5.81. The van der Waals surface area contributed by atoms with E-state index in [9.17, 15) is 4.79 Å². The number of fused-ring (bicyclic) bond motifs is 1. The Morgan fingerprint density at radius 2 is 2.24 bits per heavy atom. The SMILES string of the molecule is CNC(=O)C(C)(C)CN1CCn2cccc2C1. The summed E-state index contributed by atoms with van der Waals surface area (Å²) in [5.74, 6) is 0.110. The third kappa shape index (κ3) is 2.52. The Kier molecular flexibility index (Phi) is 3.24. The number of carbonyl (C=O) groups excluding carboxylic acids is 1. The van der Waals surface area contributed by atoms with E-state index in [4.69, 9.17) is 0 Å². The van der Waals surface area contributed by atoms with Crippen molar-refractivity contribution in [1.29, 1.82) is 0 Å². The lowest BCUT2D eigenvalue weighted by atomic mass is 9.91. The van der Waals surface area contributed by atoms with Crippen LogP contribution in [0.15, 0.2) is 18.3 Å². The minimum atomic E-state index is -0.330. The highest BCUT2D eigenvalue weighted by atomic mass is 16.2. The first-order chi connectivity index (χ1) is 8.03. The summed E-state index contributed by atoms with van der Waals surface area (Å²) >= 11 is 0. The van der Waals surface area contributed by atoms with Crippen LogP contribution in [0.5, 0.6) is 0 Å². The lowest BCUT2D eigenvalue weighted by molar-refractivity contribution is -0.130. The van der Waals surface area contributed by atoms with Crippen LogP contribution in [0.25, 0.3) is 0 Å². The van der Waals surface area contributed by atoms with Crippen LogP contribution < -0.4 is 5.32 Å². The van der Waals surface area contributed by atoms with Crippen LogP contribution in [-0.4, -0.2) is 35.5 Å². The van der Waals surface area contributed by atoms with E-state index in [1.807, 2.05) is 13.8 Å². The van der Waals surface area contributed by atoms with Crippen LogP contribution in [0.4, 0.5) is 0 Å². The maximum atomic E-state index is 11.8. The Hall–Kier alpha value is -1.29. The van der Waals surface area contributed by atoms with Gasteiger partial charge in [-0.3, -0.25) is 9.69 Å². The zero-order valence-electron chi connectivity index (χ0n) is 10.9. The van der Waals surface area contributed by atoms with Gasteiger partial charge in [-0.05, 0) is 26.0 Å². The lowest BCUT2D eigenvalue weighted by Crippen LogP contribution is -2.46. The molecule has 0 saturated carbocycles. The predicted octanol–water partition coefficient (Wildman–Crippen LogP) is 1.08. The van der Waals surface area contributed by atoms with E-state index in [0.29, 0.717) is 0 Å². The molecule has 1 aromatic rings. The first kappa shape index (κ1) is 12.2. The van der Waals surface area contributed by atoms with Gasteiger partial charge in [-0.1, -0.05) is 0 Å². The van der Waals surface area contributed by atoms with E-state index in [-0.39, 0.29) is 11.3 Å². The van der Waals surface area contributed by atoms with Gasteiger partial charge in [-0.2, -0.15) is 0 Å². The molecule has 0 fully saturated rings. The molecule has 0 unspecified atom stereocenters. The van der Waals surface area contributed by atoms with Crippen molar-refractivity contribution in [3.05, 3.63) is 24.0 Å². The summed E-state index contributed by atoms with van der Waals surface area (Å²) in [7, 11) is 1.70. The number of hydrogen-bond acceptors (Lipinski definition) is 2. The monoisotopic (exact) mass is 235 g/mol. The van der Waals surface area contributed by atoms with Crippen molar-refractivity contribution in [2.75, 3.05) is 20.1 Å². The molecular weight excluding hydrogens is 214 g/mol. The summed E-state index contributed by atoms with van der Waals surface area (Å²) in [6.07, 6.45) is 2.12. The van der Waals surface area contributed by atoms with Gasteiger partial charge >= 0.3 is 0 Å². The Bertz CT molecular complexity index is 409. The van der Waals surface area contributed by atoms with E-state index < -0.39 is 0 Å². The molecule has 0 atom stereocenters. The third-order valence-electron chi connectivity index (χ3n) is 3.43. The molecule has 2 heterocycles. The second-order valence-electron chi connectivity index (χ2n) is 5.37. The van der Waals surface area contributed by atoms with Crippen molar-refractivity contribution < 1.29 is 4.79 Å². The molecule has 2 rings (SSSR count). The molecule has 0 aromatic carbocycles. The molecule has 1 amide bonds. The molecule has 1 aliphatic heterocycles. The average molecular weight is 235 g/mol. The molecule has 1 N–H and O–H groups in total. The molecule has 4 heteroatoms. The number of amides is 1. The standard InChI is InChI=1S/C13H21N3O/c1-13(2,12(17)14-3)10-15-7-8-16-6-4-5-11(16)9-15/h4-6H,7-10H2,1-3H3,(H,14,17). The van der Waals surface area contributed by atoms with Gasteiger partial charge in [0.25, 0.3) is 0 Å². The van der Waals surface area contributed by atoms with Crippen LogP contribution in [-0.2, 0) is 17.9 Å². The zero-order valence-corrected chi connectivity index (χ0v) is 10.9. The van der Waals surface area contributed by atoms with E-state index in [1.165, 1.54) is 5.69 Å². The normalized spacial score (nSPS) is 16.6. The smallest absolute Gasteiger partial charge is 0.226 e. The number of hydrogen-bond donors (Lipinski definition) is 1. The van der Waals surface area contributed by atoms with Gasteiger partial charge in [-0.15, -0.1) is 0 Å². The molecule has 0 radical (unpaired) electrons. The van der Waals surface area contributed by atoms with E-state index >= 15 is 0 Å². The van der Waals surface area contributed by atoms with Crippen LogP contribution >= 0.6 is 0 Å². The fourth-order valence-electron chi connectivity index (χ4n) is 2.47. The quantitative estimate of drug-likeness (QED) is 0.851. The molecule has 17 heavy (non-hydrogen) atoms. The molecular formula is C13H21N3O. The maximum absolute atomic E-state index is 11.8. The van der Waals surface area contributed by atoms with Gasteiger partial charge in [0.2, 0.25) is 5.91 Å². The van der Waals surface area contributed by atoms with Crippen LogP contribution in [0.3, 0.4) is 0 Å². The molecule has 1 aliphatic rings. The average Bonchev–Trinajstić information content (AvgIpc) is 2.74. The summed E-state index contributed by atoms with van der Waals surface area (Å²) in [4.78, 5) is 14.1. The highest BCUT2D eigenvalue weighted by Gasteiger charge is 2.30. The zero-order chi connectivity index (χ0) is 12.5. The van der Waals surface area contributed by atoms with Crippen molar-refractivity contribution in [3.63, 3.8) is 0 Å². The summed E-state index contributed by atoms with van der Waals surface area (Å²) in [5.41, 5.74) is 1.01. The molecule has 4 nitrogen and oxygen atoms in total. The molecule has 0 spiro atoms. The fraction of sp³-hybridized carbons (Fsp3) is 0.615. The van der Waals surface area contributed by atoms with E-state index in [1.54, 1.807) is 7.05 Å².